The van der Waals surface area contributed by atoms with Crippen molar-refractivity contribution in [3.63, 3.8) is 0 Å². The van der Waals surface area contributed by atoms with Gasteiger partial charge in [-0.3, -0.25) is 0 Å². The van der Waals surface area contributed by atoms with Crippen molar-refractivity contribution >= 4 is 12.4 Å². The van der Waals surface area contributed by atoms with Crippen LogP contribution in [-0.2, 0) is 11.0 Å². The average Bonchev–Trinajstić information content (AvgIpc) is 2.54. The van der Waals surface area contributed by atoms with Gasteiger partial charge < -0.3 is 4.57 Å². The van der Waals surface area contributed by atoms with Crippen LogP contribution in [-0.4, -0.2) is 11.8 Å². The highest BCUT2D eigenvalue weighted by atomic mass is 31.2. The zero-order valence-electron chi connectivity index (χ0n) is 12.2. The average molecular weight is 296 g/mol. The Morgan fingerprint density at radius 1 is 0.952 bits per heavy atom. The highest BCUT2D eigenvalue weighted by Crippen LogP contribution is 2.51. The van der Waals surface area contributed by atoms with Crippen molar-refractivity contribution in [1.82, 2.24) is 0 Å². The maximum Gasteiger partial charge on any atom is 0.126 e. The normalized spacial score (nSPS) is 14.9. The molecule has 0 aliphatic carbocycles. The molecule has 0 amide bonds. The van der Waals surface area contributed by atoms with Crippen LogP contribution in [0.1, 0.15) is 5.56 Å². The van der Waals surface area contributed by atoms with Gasteiger partial charge in [-0.25, -0.2) is 0 Å². The van der Waals surface area contributed by atoms with Crippen LogP contribution >= 0.6 is 7.14 Å². The highest BCUT2D eigenvalue weighted by Gasteiger charge is 2.31. The Labute approximate surface area is 127 Å². The van der Waals surface area contributed by atoms with Gasteiger partial charge in [0.25, 0.3) is 0 Å². The largest absolute Gasteiger partial charge is 0.318 e. The number of allylic oxidation sites excluding steroid dienone is 2. The van der Waals surface area contributed by atoms with E-state index >= 15 is 0 Å². The lowest BCUT2D eigenvalue weighted by atomic mass is 10.1. The molecular formula is C19H21OP. The van der Waals surface area contributed by atoms with Gasteiger partial charge in [0.1, 0.15) is 7.14 Å². The first-order chi connectivity index (χ1) is 10.2. The molecule has 108 valence electrons. The summed E-state index contributed by atoms with van der Waals surface area (Å²) in [6.45, 7) is 7.71. The second-order valence-electron chi connectivity index (χ2n) is 5.10. The second-order valence-corrected chi connectivity index (χ2v) is 8.23. The molecule has 0 saturated heterocycles. The molecule has 0 heterocycles. The van der Waals surface area contributed by atoms with Gasteiger partial charge in [-0.05, 0) is 12.0 Å². The van der Waals surface area contributed by atoms with E-state index in [1.54, 1.807) is 6.08 Å². The SMILES string of the molecule is C=CCP(=O)(c1ccccc1)C(C=C)Cc1ccccc1. The summed E-state index contributed by atoms with van der Waals surface area (Å²) in [6, 6.07) is 19.9. The fourth-order valence-corrected chi connectivity index (χ4v) is 5.33. The molecule has 2 aromatic carbocycles. The van der Waals surface area contributed by atoms with E-state index in [9.17, 15) is 4.57 Å². The summed E-state index contributed by atoms with van der Waals surface area (Å²) in [5.74, 6) is 0. The summed E-state index contributed by atoms with van der Waals surface area (Å²) in [5, 5.41) is 0.908. The molecule has 0 aliphatic heterocycles. The maximum absolute atomic E-state index is 13.6. The van der Waals surface area contributed by atoms with Crippen molar-refractivity contribution in [3.05, 3.63) is 91.5 Å². The molecule has 0 spiro atoms. The summed E-state index contributed by atoms with van der Waals surface area (Å²) in [7, 11) is -2.58. The van der Waals surface area contributed by atoms with Crippen molar-refractivity contribution in [2.24, 2.45) is 0 Å². The summed E-state index contributed by atoms with van der Waals surface area (Å²) in [6.07, 6.45) is 4.84. The van der Waals surface area contributed by atoms with Gasteiger partial charge in [-0.15, -0.1) is 13.2 Å². The van der Waals surface area contributed by atoms with Crippen molar-refractivity contribution in [2.75, 3.05) is 6.16 Å². The van der Waals surface area contributed by atoms with E-state index in [1.165, 1.54) is 5.56 Å². The van der Waals surface area contributed by atoms with Gasteiger partial charge in [0, 0.05) is 17.1 Å². The summed E-state index contributed by atoms with van der Waals surface area (Å²) in [5.41, 5.74) is 1.11. The zero-order chi connectivity index (χ0) is 15.1. The first-order valence-corrected chi connectivity index (χ1v) is 9.08. The van der Waals surface area contributed by atoms with E-state index in [4.69, 9.17) is 0 Å². The predicted molar refractivity (Wildman–Crippen MR) is 92.9 cm³/mol. The van der Waals surface area contributed by atoms with Crippen LogP contribution in [0.25, 0.3) is 0 Å². The van der Waals surface area contributed by atoms with E-state index in [2.05, 4.69) is 25.3 Å². The fourth-order valence-electron chi connectivity index (χ4n) is 2.56. The van der Waals surface area contributed by atoms with Crippen LogP contribution in [0.4, 0.5) is 0 Å². The van der Waals surface area contributed by atoms with Crippen LogP contribution in [0, 0.1) is 0 Å². The Kier molecular flexibility index (Phi) is 5.36. The third-order valence-corrected chi connectivity index (χ3v) is 7.13. The van der Waals surface area contributed by atoms with E-state index in [0.29, 0.717) is 6.16 Å². The summed E-state index contributed by atoms with van der Waals surface area (Å²) in [4.78, 5) is 0. The van der Waals surface area contributed by atoms with Crippen LogP contribution in [0.2, 0.25) is 0 Å². The number of rotatable bonds is 7. The molecule has 0 saturated carbocycles. The molecule has 2 heteroatoms. The van der Waals surface area contributed by atoms with Gasteiger partial charge in [0.2, 0.25) is 0 Å². The molecule has 0 aromatic heterocycles. The third kappa shape index (κ3) is 3.62. The number of hydrogen-bond donors (Lipinski definition) is 0. The Morgan fingerprint density at radius 2 is 1.52 bits per heavy atom. The minimum absolute atomic E-state index is 0.0692. The molecule has 1 nitrogen and oxygen atoms in total. The minimum Gasteiger partial charge on any atom is -0.318 e. The Bertz CT molecular complexity index is 631. The third-order valence-electron chi connectivity index (χ3n) is 3.69. The lowest BCUT2D eigenvalue weighted by Crippen LogP contribution is -2.20. The van der Waals surface area contributed by atoms with Crippen LogP contribution in [0.3, 0.4) is 0 Å². The van der Waals surface area contributed by atoms with E-state index in [-0.39, 0.29) is 5.66 Å². The van der Waals surface area contributed by atoms with Gasteiger partial charge in [0.15, 0.2) is 0 Å². The molecule has 0 radical (unpaired) electrons. The molecular weight excluding hydrogens is 275 g/mol. The zero-order valence-corrected chi connectivity index (χ0v) is 13.1. The number of hydrogen-bond acceptors (Lipinski definition) is 1. The molecule has 2 rings (SSSR count). The summed E-state index contributed by atoms with van der Waals surface area (Å²) < 4.78 is 13.6. The van der Waals surface area contributed by atoms with Gasteiger partial charge in [-0.1, -0.05) is 72.8 Å². The van der Waals surface area contributed by atoms with Crippen LogP contribution in [0.5, 0.6) is 0 Å². The Balaban J connectivity index is 2.37. The van der Waals surface area contributed by atoms with Gasteiger partial charge in [-0.2, -0.15) is 0 Å². The lowest BCUT2D eigenvalue weighted by molar-refractivity contribution is 0.577. The standard InChI is InChI=1S/C19H21OP/c1-3-15-21(20,19-13-9-6-10-14-19)18(4-2)16-17-11-7-5-8-12-17/h3-14,18H,1-2,15-16H2. The lowest BCUT2D eigenvalue weighted by Gasteiger charge is -2.25. The van der Waals surface area contributed by atoms with Crippen LogP contribution in [0.15, 0.2) is 86.0 Å². The second kappa shape index (κ2) is 7.24. The topological polar surface area (TPSA) is 17.1 Å². The van der Waals surface area contributed by atoms with E-state index < -0.39 is 7.14 Å². The van der Waals surface area contributed by atoms with E-state index in [0.717, 1.165) is 11.7 Å². The first kappa shape index (κ1) is 15.5. The van der Waals surface area contributed by atoms with Gasteiger partial charge >= 0.3 is 0 Å². The quantitative estimate of drug-likeness (QED) is 0.536. The first-order valence-electron chi connectivity index (χ1n) is 7.12. The van der Waals surface area contributed by atoms with Crippen LogP contribution < -0.4 is 5.30 Å². The Hall–Kier alpha value is -1.85. The van der Waals surface area contributed by atoms with E-state index in [1.807, 2.05) is 54.6 Å². The molecule has 2 atom stereocenters. The predicted octanol–water partition coefficient (Wildman–Crippen LogP) is 4.66. The van der Waals surface area contributed by atoms with Crippen molar-refractivity contribution in [1.29, 1.82) is 0 Å². The minimum atomic E-state index is -2.58. The fraction of sp³-hybridized carbons (Fsp3) is 0.158. The molecule has 0 bridgehead atoms. The van der Waals surface area contributed by atoms with Gasteiger partial charge in [0.05, 0.1) is 0 Å². The smallest absolute Gasteiger partial charge is 0.126 e. The highest BCUT2D eigenvalue weighted by molar-refractivity contribution is 7.72. The monoisotopic (exact) mass is 296 g/mol. The molecule has 0 aliphatic rings. The van der Waals surface area contributed by atoms with Crippen molar-refractivity contribution < 1.29 is 4.57 Å². The molecule has 0 N–H and O–H groups in total. The Morgan fingerprint density at radius 3 is 2.05 bits per heavy atom. The molecule has 0 fully saturated rings. The molecule has 21 heavy (non-hydrogen) atoms. The molecule has 2 aromatic rings. The van der Waals surface area contributed by atoms with Crippen molar-refractivity contribution in [3.8, 4) is 0 Å². The molecule has 2 unspecified atom stereocenters. The van der Waals surface area contributed by atoms with Crippen molar-refractivity contribution in [2.45, 2.75) is 12.1 Å². The summed E-state index contributed by atoms with van der Waals surface area (Å²) >= 11 is 0. The maximum atomic E-state index is 13.6. The number of benzene rings is 2.